The van der Waals surface area contributed by atoms with Gasteiger partial charge >= 0.3 is 0 Å². The van der Waals surface area contributed by atoms with Crippen molar-refractivity contribution in [3.63, 3.8) is 0 Å². The van der Waals surface area contributed by atoms with E-state index in [4.69, 9.17) is 0 Å². The van der Waals surface area contributed by atoms with Crippen LogP contribution in [-0.4, -0.2) is 63.3 Å². The maximum atomic E-state index is 13.6. The molecular weight excluding hydrogens is 508 g/mol. The van der Waals surface area contributed by atoms with Gasteiger partial charge in [0.2, 0.25) is 11.8 Å². The van der Waals surface area contributed by atoms with Gasteiger partial charge in [-0.3, -0.25) is 19.4 Å². The fourth-order valence-electron chi connectivity index (χ4n) is 4.68. The number of pyridine rings is 1. The zero-order valence-corrected chi connectivity index (χ0v) is 24.0. The summed E-state index contributed by atoms with van der Waals surface area (Å²) in [6.45, 7) is 5.48. The Morgan fingerprint density at radius 3 is 2.12 bits per heavy atom. The molecule has 0 aliphatic heterocycles. The number of aromatic nitrogens is 1. The number of rotatable bonds is 18. The minimum absolute atomic E-state index is 0.254. The molecule has 0 saturated heterocycles. The molecule has 1 heterocycles. The van der Waals surface area contributed by atoms with Crippen LogP contribution >= 0.6 is 0 Å². The van der Waals surface area contributed by atoms with E-state index in [0.29, 0.717) is 18.4 Å². The van der Waals surface area contributed by atoms with Gasteiger partial charge in [0.1, 0.15) is 18.2 Å². The highest BCUT2D eigenvalue weighted by atomic mass is 16.3. The minimum Gasteiger partial charge on any atom is -0.388 e. The first-order valence-corrected chi connectivity index (χ1v) is 14.4. The van der Waals surface area contributed by atoms with E-state index in [1.165, 1.54) is 13.1 Å². The highest BCUT2D eigenvalue weighted by Crippen LogP contribution is 2.16. The van der Waals surface area contributed by atoms with Gasteiger partial charge in [-0.2, -0.15) is 0 Å². The van der Waals surface area contributed by atoms with Crippen LogP contribution in [0.4, 0.5) is 0 Å². The lowest BCUT2D eigenvalue weighted by Crippen LogP contribution is -2.59. The van der Waals surface area contributed by atoms with Gasteiger partial charge in [-0.25, -0.2) is 0 Å². The number of amides is 3. The van der Waals surface area contributed by atoms with E-state index in [2.05, 4.69) is 27.9 Å². The first kappa shape index (κ1) is 32.9. The molecule has 220 valence electrons. The van der Waals surface area contributed by atoms with Crippen molar-refractivity contribution < 1.29 is 24.6 Å². The van der Waals surface area contributed by atoms with Crippen LogP contribution in [0.15, 0.2) is 54.9 Å². The lowest BCUT2D eigenvalue weighted by atomic mass is 9.91. The number of aliphatic hydroxyl groups is 2. The van der Waals surface area contributed by atoms with E-state index >= 15 is 0 Å². The molecule has 1 aromatic heterocycles. The largest absolute Gasteiger partial charge is 0.388 e. The highest BCUT2D eigenvalue weighted by Gasteiger charge is 2.35. The van der Waals surface area contributed by atoms with Gasteiger partial charge in [0, 0.05) is 19.3 Å². The maximum absolute atomic E-state index is 13.6. The van der Waals surface area contributed by atoms with Gasteiger partial charge in [0.05, 0.1) is 17.6 Å². The number of aliphatic hydroxyl groups excluding tert-OH is 2. The predicted molar refractivity (Wildman–Crippen MR) is 155 cm³/mol. The molecule has 9 nitrogen and oxygen atoms in total. The average molecular weight is 555 g/mol. The van der Waals surface area contributed by atoms with Crippen molar-refractivity contribution in [1.29, 1.82) is 0 Å². The third-order valence-electron chi connectivity index (χ3n) is 6.95. The van der Waals surface area contributed by atoms with Crippen LogP contribution in [0.1, 0.15) is 88.1 Å². The van der Waals surface area contributed by atoms with Crippen LogP contribution < -0.4 is 16.0 Å². The lowest BCUT2D eigenvalue weighted by Gasteiger charge is -2.33. The quantitative estimate of drug-likeness (QED) is 0.179. The number of unbranched alkanes of at least 4 members (excludes halogenated alkanes) is 4. The van der Waals surface area contributed by atoms with Crippen LogP contribution in [0, 0.1) is 0 Å². The molecule has 0 unspecified atom stereocenters. The SMILES string of the molecule is CCCCCC[C@@H](NC(=O)c1cccnc1)C(=O)N[C@@H](Cc1ccccc1)[C@@H](O)[C@H](O)[C@@H](CCCC)NC(C)=O. The summed E-state index contributed by atoms with van der Waals surface area (Å²) >= 11 is 0. The standard InChI is InChI=1S/C31H46N4O5/c1-4-6-8-12-18-26(34-30(39)24-16-13-19-32-21-24)31(40)35-27(20-23-14-10-9-11-15-23)29(38)28(37)25(17-7-5-2)33-22(3)36/h9-11,13-16,19,21,25-29,37-38H,4-8,12,17-18,20H2,1-3H3,(H,33,36)(H,34,39)(H,35,40)/t25-,26-,27+,28-,29-/m1/s1. The number of nitrogens with zero attached hydrogens (tertiary/aromatic N) is 1. The van der Waals surface area contributed by atoms with Crippen molar-refractivity contribution in [1.82, 2.24) is 20.9 Å². The summed E-state index contributed by atoms with van der Waals surface area (Å²) in [4.78, 5) is 42.3. The van der Waals surface area contributed by atoms with Crippen molar-refractivity contribution >= 4 is 17.7 Å². The number of hydrogen-bond donors (Lipinski definition) is 5. The summed E-state index contributed by atoms with van der Waals surface area (Å²) in [6, 6.07) is 10.3. The van der Waals surface area contributed by atoms with Crippen molar-refractivity contribution in [2.24, 2.45) is 0 Å². The van der Waals surface area contributed by atoms with Gasteiger partial charge in [-0.15, -0.1) is 0 Å². The molecule has 1 aromatic carbocycles. The van der Waals surface area contributed by atoms with Crippen molar-refractivity contribution in [3.8, 4) is 0 Å². The van der Waals surface area contributed by atoms with Crippen LogP contribution in [0.25, 0.3) is 0 Å². The second-order valence-corrected chi connectivity index (χ2v) is 10.4. The van der Waals surface area contributed by atoms with Crippen LogP contribution in [0.5, 0.6) is 0 Å². The van der Waals surface area contributed by atoms with Gasteiger partial charge in [-0.1, -0.05) is 82.7 Å². The Morgan fingerprint density at radius 1 is 0.800 bits per heavy atom. The number of hydrogen-bond acceptors (Lipinski definition) is 6. The van der Waals surface area contributed by atoms with Crippen molar-refractivity contribution in [3.05, 3.63) is 66.0 Å². The van der Waals surface area contributed by atoms with Gasteiger partial charge in [0.25, 0.3) is 5.91 Å². The number of benzene rings is 1. The van der Waals surface area contributed by atoms with E-state index in [-0.39, 0.29) is 12.3 Å². The second kappa shape index (κ2) is 18.1. The summed E-state index contributed by atoms with van der Waals surface area (Å²) in [5.74, 6) is -1.15. The number of nitrogens with one attached hydrogen (secondary N) is 3. The zero-order chi connectivity index (χ0) is 29.3. The molecule has 0 radical (unpaired) electrons. The van der Waals surface area contributed by atoms with E-state index < -0.39 is 42.1 Å². The molecule has 0 aliphatic rings. The molecule has 5 atom stereocenters. The number of carbonyl (C=O) groups is 3. The summed E-state index contributed by atoms with van der Waals surface area (Å²) < 4.78 is 0. The van der Waals surface area contributed by atoms with Gasteiger partial charge in [-0.05, 0) is 37.0 Å². The highest BCUT2D eigenvalue weighted by molar-refractivity contribution is 5.97. The lowest BCUT2D eigenvalue weighted by molar-refractivity contribution is -0.127. The fraction of sp³-hybridized carbons (Fsp3) is 0.548. The minimum atomic E-state index is -1.37. The molecule has 3 amide bonds. The monoisotopic (exact) mass is 554 g/mol. The third-order valence-corrected chi connectivity index (χ3v) is 6.95. The topological polar surface area (TPSA) is 141 Å². The van der Waals surface area contributed by atoms with E-state index in [0.717, 1.165) is 44.1 Å². The predicted octanol–water partition coefficient (Wildman–Crippen LogP) is 3.29. The Balaban J connectivity index is 2.27. The van der Waals surface area contributed by atoms with E-state index in [1.807, 2.05) is 37.3 Å². The first-order valence-electron chi connectivity index (χ1n) is 14.4. The van der Waals surface area contributed by atoms with E-state index in [9.17, 15) is 24.6 Å². The first-order chi connectivity index (χ1) is 19.3. The van der Waals surface area contributed by atoms with Crippen molar-refractivity contribution in [2.45, 2.75) is 109 Å². The molecule has 40 heavy (non-hydrogen) atoms. The Kier molecular flexibility index (Phi) is 14.9. The third kappa shape index (κ3) is 11.4. The maximum Gasteiger partial charge on any atom is 0.253 e. The molecule has 0 fully saturated rings. The van der Waals surface area contributed by atoms with Crippen LogP contribution in [-0.2, 0) is 16.0 Å². The molecule has 5 N–H and O–H groups in total. The molecule has 0 aliphatic carbocycles. The van der Waals surface area contributed by atoms with E-state index in [1.54, 1.807) is 18.3 Å². The summed E-state index contributed by atoms with van der Waals surface area (Å²) in [5.41, 5.74) is 1.21. The molecular formula is C31H46N4O5. The van der Waals surface area contributed by atoms with Crippen LogP contribution in [0.3, 0.4) is 0 Å². The van der Waals surface area contributed by atoms with Crippen molar-refractivity contribution in [2.75, 3.05) is 0 Å². The summed E-state index contributed by atoms with van der Waals surface area (Å²) in [7, 11) is 0. The Morgan fingerprint density at radius 2 is 1.50 bits per heavy atom. The normalized spacial score (nSPS) is 14.8. The summed E-state index contributed by atoms with van der Waals surface area (Å²) in [5, 5.41) is 31.0. The molecule has 0 bridgehead atoms. The fourth-order valence-corrected chi connectivity index (χ4v) is 4.68. The molecule has 0 saturated carbocycles. The Bertz CT molecular complexity index is 1020. The van der Waals surface area contributed by atoms with Gasteiger partial charge < -0.3 is 26.2 Å². The second-order valence-electron chi connectivity index (χ2n) is 10.4. The Labute approximate surface area is 238 Å². The molecule has 0 spiro atoms. The zero-order valence-electron chi connectivity index (χ0n) is 24.0. The Hall–Kier alpha value is -3.30. The summed E-state index contributed by atoms with van der Waals surface area (Å²) in [6.07, 6.45) is 6.85. The smallest absolute Gasteiger partial charge is 0.253 e. The average Bonchev–Trinajstić information content (AvgIpc) is 2.96. The molecule has 2 aromatic rings. The molecule has 9 heteroatoms. The number of carbonyl (C=O) groups excluding carboxylic acids is 3. The molecule has 2 rings (SSSR count). The van der Waals surface area contributed by atoms with Gasteiger partial charge in [0.15, 0.2) is 0 Å². The van der Waals surface area contributed by atoms with Crippen LogP contribution in [0.2, 0.25) is 0 Å².